The topological polar surface area (TPSA) is 35.6 Å². The van der Waals surface area contributed by atoms with Crippen LogP contribution < -0.4 is 5.32 Å². The highest BCUT2D eigenvalue weighted by molar-refractivity contribution is 7.07. The third kappa shape index (κ3) is 3.46. The number of urea groups is 1. The zero-order valence-electron chi connectivity index (χ0n) is 13.6. The Kier molecular flexibility index (Phi) is 5.03. The smallest absolute Gasteiger partial charge is 0.317 e. The standard InChI is InChI=1S/C17H27N3OS/c1-13(15-6-9-22-12-15)10-18-17(21)20-7-3-4-14-11-19(2)8-5-16(14)20/h6,9,12-14,16H,3-5,7-8,10-11H2,1-2H3,(H,18,21)/t13-,14-,16+/m1/s1. The van der Waals surface area contributed by atoms with Gasteiger partial charge >= 0.3 is 6.03 Å². The fraction of sp³-hybridized carbons (Fsp3) is 0.706. The van der Waals surface area contributed by atoms with E-state index in [0.717, 1.165) is 39.0 Å². The van der Waals surface area contributed by atoms with Crippen LogP contribution in [0.15, 0.2) is 16.8 Å². The van der Waals surface area contributed by atoms with Crippen molar-refractivity contribution < 1.29 is 4.79 Å². The van der Waals surface area contributed by atoms with Crippen LogP contribution in [0, 0.1) is 5.92 Å². The predicted molar refractivity (Wildman–Crippen MR) is 91.5 cm³/mol. The molecule has 0 bridgehead atoms. The van der Waals surface area contributed by atoms with Gasteiger partial charge < -0.3 is 15.1 Å². The molecule has 3 heterocycles. The number of rotatable bonds is 3. The van der Waals surface area contributed by atoms with Crippen molar-refractivity contribution in [3.63, 3.8) is 0 Å². The van der Waals surface area contributed by atoms with Crippen LogP contribution in [-0.4, -0.2) is 55.1 Å². The maximum Gasteiger partial charge on any atom is 0.317 e. The Morgan fingerprint density at radius 3 is 3.09 bits per heavy atom. The molecule has 0 aromatic carbocycles. The molecule has 2 aliphatic heterocycles. The number of carbonyl (C=O) groups excluding carboxylic acids is 1. The first-order valence-electron chi connectivity index (χ1n) is 8.40. The van der Waals surface area contributed by atoms with Crippen molar-refractivity contribution in [2.75, 3.05) is 33.2 Å². The summed E-state index contributed by atoms with van der Waals surface area (Å²) in [7, 11) is 2.19. The molecule has 22 heavy (non-hydrogen) atoms. The molecular formula is C17H27N3OS. The number of nitrogens with zero attached hydrogens (tertiary/aromatic N) is 2. The largest absolute Gasteiger partial charge is 0.337 e. The summed E-state index contributed by atoms with van der Waals surface area (Å²) in [4.78, 5) is 17.1. The Labute approximate surface area is 137 Å². The molecule has 0 aliphatic carbocycles. The average molecular weight is 321 g/mol. The lowest BCUT2D eigenvalue weighted by Crippen LogP contribution is -2.57. The molecule has 0 unspecified atom stereocenters. The van der Waals surface area contributed by atoms with Crippen molar-refractivity contribution in [2.45, 2.75) is 38.1 Å². The van der Waals surface area contributed by atoms with Crippen molar-refractivity contribution >= 4 is 17.4 Å². The molecule has 3 atom stereocenters. The van der Waals surface area contributed by atoms with E-state index in [4.69, 9.17) is 0 Å². The van der Waals surface area contributed by atoms with Crippen LogP contribution in [0.25, 0.3) is 0 Å². The first kappa shape index (κ1) is 15.8. The molecule has 2 amide bonds. The third-order valence-corrected chi connectivity index (χ3v) is 5.91. The van der Waals surface area contributed by atoms with Crippen molar-refractivity contribution in [1.82, 2.24) is 15.1 Å². The molecule has 0 spiro atoms. The highest BCUT2D eigenvalue weighted by atomic mass is 32.1. The first-order valence-corrected chi connectivity index (χ1v) is 9.34. The van der Waals surface area contributed by atoms with Gasteiger partial charge in [0, 0.05) is 25.7 Å². The van der Waals surface area contributed by atoms with Gasteiger partial charge in [-0.15, -0.1) is 0 Å². The highest BCUT2D eigenvalue weighted by Crippen LogP contribution is 2.30. The molecule has 1 aromatic rings. The summed E-state index contributed by atoms with van der Waals surface area (Å²) in [5.41, 5.74) is 1.32. The molecule has 0 radical (unpaired) electrons. The number of nitrogens with one attached hydrogen (secondary N) is 1. The van der Waals surface area contributed by atoms with Crippen LogP contribution >= 0.6 is 11.3 Å². The maximum atomic E-state index is 12.6. The zero-order valence-corrected chi connectivity index (χ0v) is 14.4. The van der Waals surface area contributed by atoms with Crippen LogP contribution in [0.1, 0.15) is 37.7 Å². The van der Waals surface area contributed by atoms with E-state index in [-0.39, 0.29) is 6.03 Å². The second-order valence-electron chi connectivity index (χ2n) is 6.86. The first-order chi connectivity index (χ1) is 10.6. The summed E-state index contributed by atoms with van der Waals surface area (Å²) in [6.07, 6.45) is 3.53. The van der Waals surface area contributed by atoms with Crippen molar-refractivity contribution in [3.8, 4) is 0 Å². The van der Waals surface area contributed by atoms with E-state index in [1.807, 2.05) is 0 Å². The monoisotopic (exact) mass is 321 g/mol. The minimum Gasteiger partial charge on any atom is -0.337 e. The Morgan fingerprint density at radius 2 is 2.32 bits per heavy atom. The van der Waals surface area contributed by atoms with Gasteiger partial charge in [0.05, 0.1) is 0 Å². The highest BCUT2D eigenvalue weighted by Gasteiger charge is 2.37. The predicted octanol–water partition coefficient (Wildman–Crippen LogP) is 2.98. The zero-order chi connectivity index (χ0) is 15.5. The van der Waals surface area contributed by atoms with E-state index < -0.39 is 0 Å². The van der Waals surface area contributed by atoms with Crippen LogP contribution in [0.3, 0.4) is 0 Å². The normalized spacial score (nSPS) is 27.3. The second kappa shape index (κ2) is 7.01. The average Bonchev–Trinajstić information content (AvgIpc) is 3.05. The molecule has 5 heteroatoms. The minimum absolute atomic E-state index is 0.140. The fourth-order valence-corrected chi connectivity index (χ4v) is 4.63. The molecule has 3 rings (SSSR count). The van der Waals surface area contributed by atoms with Gasteiger partial charge in [0.1, 0.15) is 0 Å². The lowest BCUT2D eigenvalue weighted by Gasteiger charge is -2.46. The third-order valence-electron chi connectivity index (χ3n) is 5.20. The van der Waals surface area contributed by atoms with Gasteiger partial charge in [0.15, 0.2) is 0 Å². The van der Waals surface area contributed by atoms with Gasteiger partial charge in [-0.3, -0.25) is 0 Å². The Hall–Kier alpha value is -1.07. The number of fused-ring (bicyclic) bond motifs is 1. The van der Waals surface area contributed by atoms with Gasteiger partial charge in [-0.05, 0) is 67.1 Å². The SMILES string of the molecule is C[C@H](CNC(=O)N1CCC[C@@H]2CN(C)CC[C@@H]21)c1ccsc1. The summed E-state index contributed by atoms with van der Waals surface area (Å²) in [5, 5.41) is 7.43. The Balaban J connectivity index is 1.55. The van der Waals surface area contributed by atoms with Crippen molar-refractivity contribution in [3.05, 3.63) is 22.4 Å². The summed E-state index contributed by atoms with van der Waals surface area (Å²) >= 11 is 1.72. The molecule has 1 aromatic heterocycles. The molecule has 2 saturated heterocycles. The Morgan fingerprint density at radius 1 is 1.45 bits per heavy atom. The molecule has 0 saturated carbocycles. The summed E-state index contributed by atoms with van der Waals surface area (Å²) in [5.74, 6) is 1.04. The van der Waals surface area contributed by atoms with Gasteiger partial charge in [-0.25, -0.2) is 4.79 Å². The van der Waals surface area contributed by atoms with Crippen LogP contribution in [0.5, 0.6) is 0 Å². The van der Waals surface area contributed by atoms with Gasteiger partial charge in [-0.2, -0.15) is 11.3 Å². The number of piperidine rings is 2. The van der Waals surface area contributed by atoms with Crippen LogP contribution in [-0.2, 0) is 0 Å². The number of hydrogen-bond acceptors (Lipinski definition) is 3. The van der Waals surface area contributed by atoms with E-state index in [1.54, 1.807) is 11.3 Å². The number of likely N-dealkylation sites (tertiary alicyclic amines) is 2. The molecule has 122 valence electrons. The van der Waals surface area contributed by atoms with E-state index in [1.165, 1.54) is 12.0 Å². The van der Waals surface area contributed by atoms with Gasteiger partial charge in [0.25, 0.3) is 0 Å². The fourth-order valence-electron chi connectivity index (χ4n) is 3.85. The van der Waals surface area contributed by atoms with Gasteiger partial charge in [0.2, 0.25) is 0 Å². The second-order valence-corrected chi connectivity index (χ2v) is 7.64. The van der Waals surface area contributed by atoms with E-state index in [2.05, 4.69) is 45.9 Å². The summed E-state index contributed by atoms with van der Waals surface area (Å²) in [6.45, 7) is 6.07. The number of amides is 2. The number of thiophene rings is 1. The maximum absolute atomic E-state index is 12.6. The minimum atomic E-state index is 0.140. The quantitative estimate of drug-likeness (QED) is 0.929. The van der Waals surface area contributed by atoms with Gasteiger partial charge in [-0.1, -0.05) is 6.92 Å². The van der Waals surface area contributed by atoms with Crippen LogP contribution in [0.4, 0.5) is 4.79 Å². The molecule has 1 N–H and O–H groups in total. The lowest BCUT2D eigenvalue weighted by atomic mass is 9.84. The number of hydrogen-bond donors (Lipinski definition) is 1. The lowest BCUT2D eigenvalue weighted by molar-refractivity contribution is 0.0533. The molecule has 2 fully saturated rings. The van der Waals surface area contributed by atoms with E-state index >= 15 is 0 Å². The summed E-state index contributed by atoms with van der Waals surface area (Å²) < 4.78 is 0. The molecular weight excluding hydrogens is 294 g/mol. The van der Waals surface area contributed by atoms with E-state index in [0.29, 0.717) is 17.9 Å². The van der Waals surface area contributed by atoms with Crippen molar-refractivity contribution in [1.29, 1.82) is 0 Å². The Bertz CT molecular complexity index is 490. The van der Waals surface area contributed by atoms with Crippen molar-refractivity contribution in [2.24, 2.45) is 5.92 Å². The van der Waals surface area contributed by atoms with Crippen LogP contribution in [0.2, 0.25) is 0 Å². The molecule has 4 nitrogen and oxygen atoms in total. The number of carbonyl (C=O) groups is 1. The summed E-state index contributed by atoms with van der Waals surface area (Å²) in [6, 6.07) is 2.73. The molecule has 2 aliphatic rings. The van der Waals surface area contributed by atoms with E-state index in [9.17, 15) is 4.79 Å².